The normalized spacial score (nSPS) is 16.7. The second-order valence-corrected chi connectivity index (χ2v) is 7.90. The van der Waals surface area contributed by atoms with Crippen molar-refractivity contribution in [3.05, 3.63) is 0 Å². The average Bonchev–Trinajstić information content (AvgIpc) is 2.65. The highest BCUT2D eigenvalue weighted by Gasteiger charge is 2.34. The Morgan fingerprint density at radius 2 is 1.42 bits per heavy atom. The summed E-state index contributed by atoms with van der Waals surface area (Å²) in [6.07, 6.45) is -1.39. The quantitative estimate of drug-likeness (QED) is 0.125. The number of hydrogen-bond donors (Lipinski definition) is 8. The van der Waals surface area contributed by atoms with Gasteiger partial charge in [-0.25, -0.2) is 4.79 Å². The summed E-state index contributed by atoms with van der Waals surface area (Å²) in [4.78, 5) is 59.3. The molecule has 0 saturated carbocycles. The Kier molecular flexibility index (Phi) is 12.7. The van der Waals surface area contributed by atoms with E-state index >= 15 is 0 Å². The van der Waals surface area contributed by atoms with Crippen LogP contribution in [0.25, 0.3) is 0 Å². The number of carboxylic acid groups (broad SMARTS) is 1. The van der Waals surface area contributed by atoms with E-state index in [-0.39, 0.29) is 6.42 Å². The highest BCUT2D eigenvalue weighted by molar-refractivity contribution is 7.98. The molecule has 0 radical (unpaired) electrons. The first-order valence-corrected chi connectivity index (χ1v) is 10.7. The van der Waals surface area contributed by atoms with Crippen LogP contribution in [0.3, 0.4) is 0 Å². The lowest BCUT2D eigenvalue weighted by molar-refractivity contribution is -0.146. The van der Waals surface area contributed by atoms with Crippen molar-refractivity contribution in [3.8, 4) is 0 Å². The molecule has 10 N–H and O–H groups in total. The molecule has 13 nitrogen and oxygen atoms in total. The summed E-state index contributed by atoms with van der Waals surface area (Å²) < 4.78 is 0. The van der Waals surface area contributed by atoms with E-state index in [2.05, 4.69) is 10.6 Å². The average molecular weight is 466 g/mol. The van der Waals surface area contributed by atoms with Crippen LogP contribution in [-0.2, 0) is 24.0 Å². The van der Waals surface area contributed by atoms with E-state index in [9.17, 15) is 34.2 Å². The van der Waals surface area contributed by atoms with Crippen LogP contribution in [0.1, 0.15) is 26.7 Å². The third kappa shape index (κ3) is 10.4. The number of hydrogen-bond acceptors (Lipinski definition) is 9. The van der Waals surface area contributed by atoms with Crippen LogP contribution in [0.15, 0.2) is 0 Å². The fraction of sp³-hybridized carbons (Fsp3) is 0.706. The maximum Gasteiger partial charge on any atom is 0.328 e. The molecule has 0 spiro atoms. The second kappa shape index (κ2) is 13.8. The van der Waals surface area contributed by atoms with Gasteiger partial charge in [0.25, 0.3) is 0 Å². The molecule has 0 aromatic carbocycles. The van der Waals surface area contributed by atoms with Crippen molar-refractivity contribution in [2.45, 2.75) is 63.1 Å². The lowest BCUT2D eigenvalue weighted by Gasteiger charge is -2.27. The monoisotopic (exact) mass is 465 g/mol. The Labute approximate surface area is 183 Å². The molecule has 0 bridgehead atoms. The van der Waals surface area contributed by atoms with Crippen LogP contribution >= 0.6 is 11.8 Å². The lowest BCUT2D eigenvalue weighted by atomic mass is 10.1. The molecule has 0 aromatic heterocycles. The Balaban J connectivity index is 5.38. The molecule has 0 fully saturated rings. The van der Waals surface area contributed by atoms with Crippen molar-refractivity contribution < 1.29 is 39.3 Å². The van der Waals surface area contributed by atoms with E-state index in [1.165, 1.54) is 18.7 Å². The standard InChI is InChI=1S/C17H31N5O8S/c1-7(23)12(16(28)22-13(8(2)24)17(29)30)21-15(27)10(4-5-31-3)20-14(26)9(18)6-11(19)25/h7-10,12-13,23-24H,4-6,18H2,1-3H3,(H2,19,25)(H,20,26)(H,21,27)(H,22,28)(H,29,30). The van der Waals surface area contributed by atoms with Crippen LogP contribution in [0.4, 0.5) is 0 Å². The number of nitrogens with one attached hydrogen (secondary N) is 3. The summed E-state index contributed by atoms with van der Waals surface area (Å²) in [5.41, 5.74) is 10.6. The summed E-state index contributed by atoms with van der Waals surface area (Å²) in [5.74, 6) is -4.55. The maximum atomic E-state index is 12.7. The van der Waals surface area contributed by atoms with Gasteiger partial charge in [-0.05, 0) is 32.3 Å². The molecule has 0 aromatic rings. The van der Waals surface area contributed by atoms with Gasteiger partial charge in [-0.3, -0.25) is 19.2 Å². The van der Waals surface area contributed by atoms with Crippen molar-refractivity contribution in [3.63, 3.8) is 0 Å². The topological polar surface area (TPSA) is 234 Å². The molecular weight excluding hydrogens is 434 g/mol. The summed E-state index contributed by atoms with van der Waals surface area (Å²) in [6, 6.07) is -5.66. The maximum absolute atomic E-state index is 12.7. The number of carbonyl (C=O) groups is 5. The predicted molar refractivity (Wildman–Crippen MR) is 112 cm³/mol. The van der Waals surface area contributed by atoms with Gasteiger partial charge in [0.05, 0.1) is 24.7 Å². The minimum absolute atomic E-state index is 0.140. The van der Waals surface area contributed by atoms with Gasteiger partial charge in [0.15, 0.2) is 6.04 Å². The smallest absolute Gasteiger partial charge is 0.328 e. The minimum Gasteiger partial charge on any atom is -0.480 e. The number of carboxylic acids is 1. The number of thioether (sulfide) groups is 1. The van der Waals surface area contributed by atoms with E-state index in [1.54, 1.807) is 6.26 Å². The first-order valence-electron chi connectivity index (χ1n) is 9.34. The van der Waals surface area contributed by atoms with Gasteiger partial charge in [0.1, 0.15) is 12.1 Å². The number of aliphatic hydroxyl groups excluding tert-OH is 2. The molecule has 31 heavy (non-hydrogen) atoms. The van der Waals surface area contributed by atoms with E-state index in [0.29, 0.717) is 5.75 Å². The largest absolute Gasteiger partial charge is 0.480 e. The fourth-order valence-electron chi connectivity index (χ4n) is 2.38. The molecule has 0 aliphatic carbocycles. The van der Waals surface area contributed by atoms with Gasteiger partial charge in [-0.1, -0.05) is 0 Å². The van der Waals surface area contributed by atoms with E-state index in [1.807, 2.05) is 5.32 Å². The number of carbonyl (C=O) groups excluding carboxylic acids is 4. The van der Waals surface area contributed by atoms with Crippen molar-refractivity contribution in [1.82, 2.24) is 16.0 Å². The van der Waals surface area contributed by atoms with Gasteiger partial charge in [-0.2, -0.15) is 11.8 Å². The van der Waals surface area contributed by atoms with E-state index < -0.39 is 72.4 Å². The van der Waals surface area contributed by atoms with Crippen molar-refractivity contribution in [2.75, 3.05) is 12.0 Å². The molecule has 6 unspecified atom stereocenters. The molecule has 0 aliphatic rings. The third-order valence-electron chi connectivity index (χ3n) is 4.11. The van der Waals surface area contributed by atoms with Crippen molar-refractivity contribution in [1.29, 1.82) is 0 Å². The highest BCUT2D eigenvalue weighted by Crippen LogP contribution is 2.05. The minimum atomic E-state index is -1.66. The first-order chi connectivity index (χ1) is 14.3. The summed E-state index contributed by atoms with van der Waals surface area (Å²) in [5, 5.41) is 35.1. The van der Waals surface area contributed by atoms with Gasteiger partial charge < -0.3 is 42.7 Å². The lowest BCUT2D eigenvalue weighted by Crippen LogP contribution is -2.61. The molecule has 0 heterocycles. The number of amides is 4. The molecule has 0 aliphatic heterocycles. The van der Waals surface area contributed by atoms with Crippen LogP contribution in [0.2, 0.25) is 0 Å². The molecule has 0 saturated heterocycles. The Hall–Kier alpha value is -2.42. The summed E-state index contributed by atoms with van der Waals surface area (Å²) in [6.45, 7) is 2.35. The van der Waals surface area contributed by atoms with Crippen LogP contribution in [-0.4, -0.2) is 93.3 Å². The van der Waals surface area contributed by atoms with Gasteiger partial charge in [0.2, 0.25) is 23.6 Å². The highest BCUT2D eigenvalue weighted by atomic mass is 32.2. The zero-order chi connectivity index (χ0) is 24.3. The molecule has 4 amide bonds. The van der Waals surface area contributed by atoms with Gasteiger partial charge in [0, 0.05) is 0 Å². The number of rotatable bonds is 14. The molecule has 0 rings (SSSR count). The molecule has 6 atom stereocenters. The molecular formula is C17H31N5O8S. The number of aliphatic carboxylic acids is 1. The zero-order valence-corrected chi connectivity index (χ0v) is 18.3. The number of nitrogens with two attached hydrogens (primary N) is 2. The van der Waals surface area contributed by atoms with Crippen LogP contribution in [0.5, 0.6) is 0 Å². The predicted octanol–water partition coefficient (Wildman–Crippen LogP) is -3.76. The summed E-state index contributed by atoms with van der Waals surface area (Å²) in [7, 11) is 0. The third-order valence-corrected chi connectivity index (χ3v) is 4.75. The zero-order valence-electron chi connectivity index (χ0n) is 17.5. The fourth-order valence-corrected chi connectivity index (χ4v) is 2.85. The first kappa shape index (κ1) is 28.6. The van der Waals surface area contributed by atoms with Crippen LogP contribution in [0, 0.1) is 0 Å². The van der Waals surface area contributed by atoms with Crippen molar-refractivity contribution >= 4 is 41.4 Å². The number of aliphatic hydroxyl groups is 2. The second-order valence-electron chi connectivity index (χ2n) is 6.91. The van der Waals surface area contributed by atoms with Gasteiger partial charge in [-0.15, -0.1) is 0 Å². The van der Waals surface area contributed by atoms with Crippen molar-refractivity contribution in [2.24, 2.45) is 11.5 Å². The Bertz CT molecular complexity index is 660. The van der Waals surface area contributed by atoms with E-state index in [0.717, 1.165) is 6.92 Å². The van der Waals surface area contributed by atoms with E-state index in [4.69, 9.17) is 16.6 Å². The molecule has 14 heteroatoms. The Morgan fingerprint density at radius 1 is 0.903 bits per heavy atom. The summed E-state index contributed by atoms with van der Waals surface area (Å²) >= 11 is 1.38. The van der Waals surface area contributed by atoms with Gasteiger partial charge >= 0.3 is 5.97 Å². The Morgan fingerprint density at radius 3 is 1.84 bits per heavy atom. The SMILES string of the molecule is CSCCC(NC(=O)C(N)CC(N)=O)C(=O)NC(C(=O)NC(C(=O)O)C(C)O)C(C)O. The molecule has 178 valence electrons. The van der Waals surface area contributed by atoms with Crippen LogP contribution < -0.4 is 27.4 Å². The number of primary amides is 1.